The molecule has 0 unspecified atom stereocenters. The number of carbonyl (C=O) groups excluding carboxylic acids is 1. The highest BCUT2D eigenvalue weighted by Gasteiger charge is 2.26. The van der Waals surface area contributed by atoms with Crippen molar-refractivity contribution in [2.45, 2.75) is 37.1 Å². The quantitative estimate of drug-likeness (QED) is 0.482. The van der Waals surface area contributed by atoms with Gasteiger partial charge in [-0.2, -0.15) is 0 Å². The Morgan fingerprint density at radius 3 is 2.62 bits per heavy atom. The molecule has 150 valence electrons. The zero-order valence-corrected chi connectivity index (χ0v) is 17.2. The molecule has 1 aliphatic rings. The second kappa shape index (κ2) is 7.99. The van der Waals surface area contributed by atoms with Gasteiger partial charge < -0.3 is 4.90 Å². The SMILES string of the molecule is Cc1ccc(-n2c(S[C@@H](C)C(=O)N3CCCC3)nc3ccccc3c2=O)cc1F. The van der Waals surface area contributed by atoms with E-state index in [-0.39, 0.29) is 17.3 Å². The second-order valence-electron chi connectivity index (χ2n) is 7.28. The molecule has 2 heterocycles. The minimum atomic E-state index is -0.400. The number of likely N-dealkylation sites (tertiary alicyclic amines) is 1. The molecule has 0 bridgehead atoms. The van der Waals surface area contributed by atoms with E-state index in [1.165, 1.54) is 22.4 Å². The van der Waals surface area contributed by atoms with Gasteiger partial charge in [-0.25, -0.2) is 9.37 Å². The van der Waals surface area contributed by atoms with Gasteiger partial charge in [-0.15, -0.1) is 0 Å². The van der Waals surface area contributed by atoms with Crippen LogP contribution in [0.1, 0.15) is 25.3 Å². The maximum atomic E-state index is 14.2. The molecule has 1 fully saturated rings. The fraction of sp³-hybridized carbons (Fsp3) is 0.318. The summed E-state index contributed by atoms with van der Waals surface area (Å²) in [6.45, 7) is 5.04. The molecule has 1 atom stereocenters. The number of para-hydroxylation sites is 1. The number of rotatable bonds is 4. The van der Waals surface area contributed by atoms with E-state index in [4.69, 9.17) is 0 Å². The minimum absolute atomic E-state index is 0.0385. The predicted molar refractivity (Wildman–Crippen MR) is 113 cm³/mol. The third-order valence-electron chi connectivity index (χ3n) is 5.21. The van der Waals surface area contributed by atoms with Crippen molar-refractivity contribution in [3.8, 4) is 5.69 Å². The standard InChI is InChI=1S/C22H22FN3O2S/c1-14-9-10-16(13-18(14)23)26-21(28)17-7-3-4-8-19(17)24-22(26)29-15(2)20(27)25-11-5-6-12-25/h3-4,7-10,13,15H,5-6,11-12H2,1-2H3/t15-/m0/s1. The molecule has 0 N–H and O–H groups in total. The van der Waals surface area contributed by atoms with E-state index >= 15 is 0 Å². The number of carbonyl (C=O) groups is 1. The predicted octanol–water partition coefficient (Wildman–Crippen LogP) is 3.94. The molecular weight excluding hydrogens is 389 g/mol. The van der Waals surface area contributed by atoms with Gasteiger partial charge in [0.15, 0.2) is 5.16 Å². The molecule has 1 amide bonds. The first-order valence-electron chi connectivity index (χ1n) is 9.69. The first-order valence-corrected chi connectivity index (χ1v) is 10.6. The summed E-state index contributed by atoms with van der Waals surface area (Å²) in [5.41, 5.74) is 1.19. The summed E-state index contributed by atoms with van der Waals surface area (Å²) < 4.78 is 15.6. The second-order valence-corrected chi connectivity index (χ2v) is 8.59. The van der Waals surface area contributed by atoms with Crippen LogP contribution in [0.3, 0.4) is 0 Å². The van der Waals surface area contributed by atoms with Gasteiger partial charge in [-0.3, -0.25) is 14.2 Å². The zero-order chi connectivity index (χ0) is 20.5. The van der Waals surface area contributed by atoms with Gasteiger partial charge in [0.05, 0.1) is 21.8 Å². The van der Waals surface area contributed by atoms with E-state index < -0.39 is 5.25 Å². The molecule has 4 rings (SSSR count). The number of fused-ring (bicyclic) bond motifs is 1. The van der Waals surface area contributed by atoms with Crippen LogP contribution in [-0.4, -0.2) is 38.7 Å². The van der Waals surface area contributed by atoms with Gasteiger partial charge in [-0.1, -0.05) is 30.0 Å². The molecule has 2 aromatic carbocycles. The first-order chi connectivity index (χ1) is 14.0. The maximum absolute atomic E-state index is 14.2. The average Bonchev–Trinajstić information content (AvgIpc) is 3.25. The Kier molecular flexibility index (Phi) is 5.41. The summed E-state index contributed by atoms with van der Waals surface area (Å²) in [7, 11) is 0. The number of hydrogen-bond donors (Lipinski definition) is 0. The molecular formula is C22H22FN3O2S. The van der Waals surface area contributed by atoms with E-state index in [1.54, 1.807) is 37.3 Å². The van der Waals surface area contributed by atoms with E-state index in [1.807, 2.05) is 17.9 Å². The number of aryl methyl sites for hydroxylation is 1. The molecule has 0 aliphatic carbocycles. The molecule has 5 nitrogen and oxygen atoms in total. The molecule has 1 aromatic heterocycles. The van der Waals surface area contributed by atoms with Crippen LogP contribution >= 0.6 is 11.8 Å². The van der Waals surface area contributed by atoms with E-state index in [0.717, 1.165) is 25.9 Å². The largest absolute Gasteiger partial charge is 0.342 e. The van der Waals surface area contributed by atoms with Crippen LogP contribution in [0, 0.1) is 12.7 Å². The van der Waals surface area contributed by atoms with E-state index in [2.05, 4.69) is 4.98 Å². The van der Waals surface area contributed by atoms with Crippen molar-refractivity contribution >= 4 is 28.6 Å². The van der Waals surface area contributed by atoms with Crippen LogP contribution in [-0.2, 0) is 4.79 Å². The van der Waals surface area contributed by atoms with Gasteiger partial charge in [0.2, 0.25) is 5.91 Å². The highest BCUT2D eigenvalue weighted by atomic mass is 32.2. The highest BCUT2D eigenvalue weighted by molar-refractivity contribution is 8.00. The van der Waals surface area contributed by atoms with Crippen LogP contribution in [0.25, 0.3) is 16.6 Å². The van der Waals surface area contributed by atoms with Crippen molar-refractivity contribution in [3.63, 3.8) is 0 Å². The summed E-state index contributed by atoms with van der Waals surface area (Å²) in [6.07, 6.45) is 2.04. The van der Waals surface area contributed by atoms with E-state index in [9.17, 15) is 14.0 Å². The van der Waals surface area contributed by atoms with Crippen LogP contribution in [0.5, 0.6) is 0 Å². The topological polar surface area (TPSA) is 55.2 Å². The van der Waals surface area contributed by atoms with Crippen molar-refractivity contribution in [2.24, 2.45) is 0 Å². The molecule has 29 heavy (non-hydrogen) atoms. The van der Waals surface area contributed by atoms with Crippen molar-refractivity contribution < 1.29 is 9.18 Å². The van der Waals surface area contributed by atoms with Crippen molar-refractivity contribution in [1.82, 2.24) is 14.5 Å². The third kappa shape index (κ3) is 3.79. The summed E-state index contributed by atoms with van der Waals surface area (Å²) >= 11 is 1.24. The number of amides is 1. The summed E-state index contributed by atoms with van der Waals surface area (Å²) in [5, 5.41) is 0.441. The lowest BCUT2D eigenvalue weighted by atomic mass is 10.2. The van der Waals surface area contributed by atoms with Crippen LogP contribution in [0.15, 0.2) is 52.4 Å². The van der Waals surface area contributed by atoms with Gasteiger partial charge in [-0.05, 0) is 56.5 Å². The minimum Gasteiger partial charge on any atom is -0.342 e. The highest BCUT2D eigenvalue weighted by Crippen LogP contribution is 2.27. The fourth-order valence-electron chi connectivity index (χ4n) is 3.54. The molecule has 7 heteroatoms. The van der Waals surface area contributed by atoms with Gasteiger partial charge in [0.1, 0.15) is 5.82 Å². The Labute approximate surface area is 172 Å². The third-order valence-corrected chi connectivity index (χ3v) is 6.25. The normalized spacial score (nSPS) is 15.1. The number of hydrogen-bond acceptors (Lipinski definition) is 4. The lowest BCUT2D eigenvalue weighted by Crippen LogP contribution is -2.34. The smallest absolute Gasteiger partial charge is 0.266 e. The van der Waals surface area contributed by atoms with Crippen LogP contribution in [0.2, 0.25) is 0 Å². The number of nitrogens with zero attached hydrogens (tertiary/aromatic N) is 3. The molecule has 0 saturated carbocycles. The fourth-order valence-corrected chi connectivity index (χ4v) is 4.55. The van der Waals surface area contributed by atoms with Crippen molar-refractivity contribution in [2.75, 3.05) is 13.1 Å². The Morgan fingerprint density at radius 2 is 1.90 bits per heavy atom. The Hall–Kier alpha value is -2.67. The summed E-state index contributed by atoms with van der Waals surface area (Å²) in [6, 6.07) is 11.7. The molecule has 0 spiro atoms. The molecule has 1 aliphatic heterocycles. The van der Waals surface area contributed by atoms with Crippen molar-refractivity contribution in [3.05, 3.63) is 64.2 Å². The number of aromatic nitrogens is 2. The number of benzene rings is 2. The Balaban J connectivity index is 1.82. The Morgan fingerprint density at radius 1 is 1.17 bits per heavy atom. The number of thioether (sulfide) groups is 1. The average molecular weight is 412 g/mol. The summed E-state index contributed by atoms with van der Waals surface area (Å²) in [5.74, 6) is -0.351. The zero-order valence-electron chi connectivity index (χ0n) is 16.4. The monoisotopic (exact) mass is 411 g/mol. The van der Waals surface area contributed by atoms with Crippen LogP contribution < -0.4 is 5.56 Å². The first kappa shape index (κ1) is 19.6. The van der Waals surface area contributed by atoms with Crippen molar-refractivity contribution in [1.29, 1.82) is 0 Å². The van der Waals surface area contributed by atoms with Gasteiger partial charge in [0.25, 0.3) is 5.56 Å². The van der Waals surface area contributed by atoms with Gasteiger partial charge >= 0.3 is 0 Å². The molecule has 3 aromatic rings. The lowest BCUT2D eigenvalue weighted by Gasteiger charge is -2.21. The van der Waals surface area contributed by atoms with Gasteiger partial charge in [0, 0.05) is 13.1 Å². The summed E-state index contributed by atoms with van der Waals surface area (Å²) in [4.78, 5) is 32.5. The maximum Gasteiger partial charge on any atom is 0.266 e. The lowest BCUT2D eigenvalue weighted by molar-refractivity contribution is -0.129. The molecule has 1 saturated heterocycles. The van der Waals surface area contributed by atoms with E-state index in [0.29, 0.717) is 27.3 Å². The Bertz CT molecular complexity index is 1140. The van der Waals surface area contributed by atoms with Crippen LogP contribution in [0.4, 0.5) is 4.39 Å². The molecule has 0 radical (unpaired) electrons. The number of halogens is 1.